The number of carbonyl (C=O) groups is 1. The number of piperidine rings is 1. The molecule has 4 heteroatoms. The van der Waals surface area contributed by atoms with Gasteiger partial charge in [0.25, 0.3) is 0 Å². The average Bonchev–Trinajstić information content (AvgIpc) is 3.16. The van der Waals surface area contributed by atoms with E-state index in [0.29, 0.717) is 6.04 Å². The summed E-state index contributed by atoms with van der Waals surface area (Å²) < 4.78 is 0. The molecule has 1 amide bonds. The van der Waals surface area contributed by atoms with Crippen LogP contribution in [0.4, 0.5) is 0 Å². The van der Waals surface area contributed by atoms with Crippen molar-refractivity contribution in [3.8, 4) is 0 Å². The van der Waals surface area contributed by atoms with Crippen LogP contribution in [0.25, 0.3) is 0 Å². The first-order chi connectivity index (χ1) is 8.69. The van der Waals surface area contributed by atoms with Gasteiger partial charge < -0.3 is 16.0 Å². The van der Waals surface area contributed by atoms with Gasteiger partial charge >= 0.3 is 0 Å². The molecule has 0 aromatic heterocycles. The number of nitrogens with two attached hydrogens (primary N) is 1. The molecule has 0 aromatic carbocycles. The molecule has 0 radical (unpaired) electrons. The standard InChI is InChI=1S/C14H27N3O/c1-2-3-13(15)14(18)16-12-6-8-17(9-7-12)10-11-4-5-11/h11-13H,2-10,15H2,1H3,(H,16,18). The second-order valence-electron chi connectivity index (χ2n) is 5.92. The molecule has 1 saturated carbocycles. The third-order valence-corrected chi connectivity index (χ3v) is 4.08. The lowest BCUT2D eigenvalue weighted by Gasteiger charge is -2.32. The van der Waals surface area contributed by atoms with Crippen LogP contribution in [0.3, 0.4) is 0 Å². The molecule has 1 aliphatic carbocycles. The molecule has 3 N–H and O–H groups in total. The number of amides is 1. The molecule has 2 aliphatic rings. The number of carbonyl (C=O) groups excluding carboxylic acids is 1. The van der Waals surface area contributed by atoms with Gasteiger partial charge in [-0.1, -0.05) is 13.3 Å². The van der Waals surface area contributed by atoms with E-state index < -0.39 is 0 Å². The summed E-state index contributed by atoms with van der Waals surface area (Å²) in [6.07, 6.45) is 6.75. The molecule has 1 unspecified atom stereocenters. The minimum Gasteiger partial charge on any atom is -0.352 e. The van der Waals surface area contributed by atoms with Gasteiger partial charge in [0.05, 0.1) is 6.04 Å². The zero-order valence-corrected chi connectivity index (χ0v) is 11.5. The Morgan fingerprint density at radius 2 is 2.00 bits per heavy atom. The molecule has 4 nitrogen and oxygen atoms in total. The predicted octanol–water partition coefficient (Wildman–Crippen LogP) is 1.10. The summed E-state index contributed by atoms with van der Waals surface area (Å²) in [5, 5.41) is 3.10. The molecule has 1 atom stereocenters. The van der Waals surface area contributed by atoms with Crippen molar-refractivity contribution >= 4 is 5.91 Å². The molecular formula is C14H27N3O. The van der Waals surface area contributed by atoms with Gasteiger partial charge in [0.1, 0.15) is 0 Å². The van der Waals surface area contributed by atoms with E-state index in [1.54, 1.807) is 0 Å². The molecule has 0 spiro atoms. The van der Waals surface area contributed by atoms with Crippen molar-refractivity contribution in [1.82, 2.24) is 10.2 Å². The number of hydrogen-bond acceptors (Lipinski definition) is 3. The smallest absolute Gasteiger partial charge is 0.237 e. The Morgan fingerprint density at radius 3 is 2.56 bits per heavy atom. The highest BCUT2D eigenvalue weighted by molar-refractivity contribution is 5.81. The predicted molar refractivity (Wildman–Crippen MR) is 73.2 cm³/mol. The Balaban J connectivity index is 1.64. The second-order valence-corrected chi connectivity index (χ2v) is 5.92. The first-order valence-corrected chi connectivity index (χ1v) is 7.47. The van der Waals surface area contributed by atoms with Gasteiger partial charge in [0.2, 0.25) is 5.91 Å². The van der Waals surface area contributed by atoms with Crippen molar-refractivity contribution in [2.24, 2.45) is 11.7 Å². The van der Waals surface area contributed by atoms with Crippen LogP contribution >= 0.6 is 0 Å². The zero-order chi connectivity index (χ0) is 13.0. The Hall–Kier alpha value is -0.610. The lowest BCUT2D eigenvalue weighted by atomic mass is 10.0. The molecule has 0 bridgehead atoms. The molecule has 0 aromatic rings. The number of rotatable bonds is 6. The van der Waals surface area contributed by atoms with Crippen LogP contribution in [-0.2, 0) is 4.79 Å². The van der Waals surface area contributed by atoms with E-state index in [2.05, 4.69) is 17.1 Å². The van der Waals surface area contributed by atoms with Crippen molar-refractivity contribution < 1.29 is 4.79 Å². The van der Waals surface area contributed by atoms with E-state index in [0.717, 1.165) is 44.7 Å². The first kappa shape index (κ1) is 13.8. The fourth-order valence-corrected chi connectivity index (χ4v) is 2.68. The average molecular weight is 253 g/mol. The van der Waals surface area contributed by atoms with E-state index in [1.165, 1.54) is 19.4 Å². The van der Waals surface area contributed by atoms with E-state index in [4.69, 9.17) is 5.73 Å². The number of nitrogens with zero attached hydrogens (tertiary/aromatic N) is 1. The molecule has 1 saturated heterocycles. The van der Waals surface area contributed by atoms with E-state index >= 15 is 0 Å². The zero-order valence-electron chi connectivity index (χ0n) is 11.5. The van der Waals surface area contributed by atoms with Crippen LogP contribution in [0.15, 0.2) is 0 Å². The third kappa shape index (κ3) is 4.25. The molecule has 2 fully saturated rings. The largest absolute Gasteiger partial charge is 0.352 e. The van der Waals surface area contributed by atoms with E-state index in [1.807, 2.05) is 0 Å². The summed E-state index contributed by atoms with van der Waals surface area (Å²) in [4.78, 5) is 14.4. The SMILES string of the molecule is CCCC(N)C(=O)NC1CCN(CC2CC2)CC1. The fourth-order valence-electron chi connectivity index (χ4n) is 2.68. The highest BCUT2D eigenvalue weighted by Crippen LogP contribution is 2.30. The van der Waals surface area contributed by atoms with Crippen LogP contribution in [-0.4, -0.2) is 42.5 Å². The summed E-state index contributed by atoms with van der Waals surface area (Å²) in [7, 11) is 0. The van der Waals surface area contributed by atoms with Crippen molar-refractivity contribution in [2.75, 3.05) is 19.6 Å². The van der Waals surface area contributed by atoms with Gasteiger partial charge in [-0.3, -0.25) is 4.79 Å². The summed E-state index contributed by atoms with van der Waals surface area (Å²) >= 11 is 0. The van der Waals surface area contributed by atoms with Gasteiger partial charge in [-0.25, -0.2) is 0 Å². The minimum atomic E-state index is -0.320. The lowest BCUT2D eigenvalue weighted by molar-refractivity contribution is -0.123. The number of likely N-dealkylation sites (tertiary alicyclic amines) is 1. The molecule has 18 heavy (non-hydrogen) atoms. The van der Waals surface area contributed by atoms with Crippen molar-refractivity contribution in [1.29, 1.82) is 0 Å². The maximum Gasteiger partial charge on any atom is 0.237 e. The van der Waals surface area contributed by atoms with Crippen molar-refractivity contribution in [2.45, 2.75) is 57.5 Å². The molecule has 104 valence electrons. The number of hydrogen-bond donors (Lipinski definition) is 2. The normalized spacial score (nSPS) is 23.9. The van der Waals surface area contributed by atoms with Gasteiger partial charge in [-0.15, -0.1) is 0 Å². The molecule has 1 aliphatic heterocycles. The molecule has 2 rings (SSSR count). The van der Waals surface area contributed by atoms with Gasteiger partial charge in [-0.05, 0) is 38.0 Å². The molecule has 1 heterocycles. The summed E-state index contributed by atoms with van der Waals surface area (Å²) in [5.74, 6) is 1.01. The lowest BCUT2D eigenvalue weighted by Crippen LogP contribution is -2.49. The second kappa shape index (κ2) is 6.53. The van der Waals surface area contributed by atoms with Crippen LogP contribution in [0.1, 0.15) is 45.4 Å². The van der Waals surface area contributed by atoms with Gasteiger partial charge in [0.15, 0.2) is 0 Å². The quantitative estimate of drug-likeness (QED) is 0.745. The van der Waals surface area contributed by atoms with Crippen LogP contribution in [0, 0.1) is 5.92 Å². The topological polar surface area (TPSA) is 58.4 Å². The maximum atomic E-state index is 11.8. The van der Waals surface area contributed by atoms with Crippen molar-refractivity contribution in [3.05, 3.63) is 0 Å². The summed E-state index contributed by atoms with van der Waals surface area (Å²) in [6, 6.07) is 0.0235. The van der Waals surface area contributed by atoms with Crippen LogP contribution in [0.2, 0.25) is 0 Å². The Morgan fingerprint density at radius 1 is 1.33 bits per heavy atom. The van der Waals surface area contributed by atoms with Gasteiger partial charge in [-0.2, -0.15) is 0 Å². The highest BCUT2D eigenvalue weighted by atomic mass is 16.2. The Labute approximate surface area is 110 Å². The van der Waals surface area contributed by atoms with Gasteiger partial charge in [0, 0.05) is 25.7 Å². The number of nitrogens with one attached hydrogen (secondary N) is 1. The third-order valence-electron chi connectivity index (χ3n) is 4.08. The minimum absolute atomic E-state index is 0.0393. The maximum absolute atomic E-state index is 11.8. The monoisotopic (exact) mass is 253 g/mol. The summed E-state index contributed by atoms with van der Waals surface area (Å²) in [5.41, 5.74) is 5.82. The molecular weight excluding hydrogens is 226 g/mol. The fraction of sp³-hybridized carbons (Fsp3) is 0.929. The van der Waals surface area contributed by atoms with E-state index in [9.17, 15) is 4.79 Å². The Kier molecular flexibility index (Phi) is 5.01. The van der Waals surface area contributed by atoms with E-state index in [-0.39, 0.29) is 11.9 Å². The van der Waals surface area contributed by atoms with Crippen molar-refractivity contribution in [3.63, 3.8) is 0 Å². The van der Waals surface area contributed by atoms with Crippen LogP contribution in [0.5, 0.6) is 0 Å². The Bertz CT molecular complexity index is 270. The highest BCUT2D eigenvalue weighted by Gasteiger charge is 2.27. The first-order valence-electron chi connectivity index (χ1n) is 7.47. The summed E-state index contributed by atoms with van der Waals surface area (Å²) in [6.45, 7) is 5.59. The van der Waals surface area contributed by atoms with Crippen LogP contribution < -0.4 is 11.1 Å².